The monoisotopic (exact) mass is 218 g/mol. The van der Waals surface area contributed by atoms with Crippen LogP contribution in [0.1, 0.15) is 12.0 Å². The fourth-order valence-corrected chi connectivity index (χ4v) is 2.56. The Balaban J connectivity index is 1.77. The smallest absolute Gasteiger partial charge is 0.237 e. The number of carbonyl (C=O) groups excluding carboxylic acids is 1. The van der Waals surface area contributed by atoms with Crippen molar-refractivity contribution in [2.24, 2.45) is 0 Å². The highest BCUT2D eigenvalue weighted by molar-refractivity contribution is 5.85. The van der Waals surface area contributed by atoms with Crippen LogP contribution in [-0.2, 0) is 11.3 Å². The van der Waals surface area contributed by atoms with Gasteiger partial charge in [-0.3, -0.25) is 9.69 Å². The molecule has 0 aromatic carbocycles. The van der Waals surface area contributed by atoms with Gasteiger partial charge in [0.2, 0.25) is 5.91 Å². The van der Waals surface area contributed by atoms with E-state index in [2.05, 4.69) is 15.2 Å². The normalized spacial score (nSPS) is 28.4. The Kier molecular flexibility index (Phi) is 2.07. The summed E-state index contributed by atoms with van der Waals surface area (Å²) in [4.78, 5) is 17.8. The fraction of sp³-hybridized carbons (Fsp3) is 0.455. The molecule has 3 N–H and O–H groups in total. The van der Waals surface area contributed by atoms with Gasteiger partial charge in [0.15, 0.2) is 0 Å². The molecule has 84 valence electrons. The van der Waals surface area contributed by atoms with Crippen molar-refractivity contribution in [3.05, 3.63) is 23.9 Å². The number of carbonyl (C=O) groups is 1. The number of amides is 1. The maximum absolute atomic E-state index is 11.5. The zero-order valence-electron chi connectivity index (χ0n) is 8.89. The molecule has 1 amide bonds. The molecule has 2 atom stereocenters. The summed E-state index contributed by atoms with van der Waals surface area (Å²) in [7, 11) is 0. The third-order valence-corrected chi connectivity index (χ3v) is 3.35. The molecule has 2 bridgehead atoms. The zero-order valence-corrected chi connectivity index (χ0v) is 8.89. The Morgan fingerprint density at radius 3 is 3.19 bits per heavy atom. The minimum Gasteiger partial charge on any atom is -0.383 e. The van der Waals surface area contributed by atoms with Crippen LogP contribution in [0.2, 0.25) is 0 Å². The highest BCUT2D eigenvalue weighted by atomic mass is 16.2. The maximum Gasteiger partial charge on any atom is 0.237 e. The maximum atomic E-state index is 11.5. The first kappa shape index (κ1) is 9.59. The van der Waals surface area contributed by atoms with Gasteiger partial charge >= 0.3 is 0 Å². The van der Waals surface area contributed by atoms with E-state index < -0.39 is 0 Å². The number of hydrogen-bond donors (Lipinski definition) is 2. The average Bonchev–Trinajstić information content (AvgIpc) is 2.80. The van der Waals surface area contributed by atoms with Gasteiger partial charge in [-0.25, -0.2) is 4.98 Å². The quantitative estimate of drug-likeness (QED) is 0.717. The molecule has 1 aromatic rings. The van der Waals surface area contributed by atoms with Gasteiger partial charge in [0.25, 0.3) is 0 Å². The molecule has 3 rings (SSSR count). The molecule has 0 spiro atoms. The number of nitrogens with two attached hydrogens (primary N) is 1. The predicted molar refractivity (Wildman–Crippen MR) is 59.4 cm³/mol. The minimum absolute atomic E-state index is 0.0320. The van der Waals surface area contributed by atoms with Gasteiger partial charge in [-0.1, -0.05) is 6.07 Å². The molecule has 5 nitrogen and oxygen atoms in total. The molecular formula is C11H14N4O. The van der Waals surface area contributed by atoms with E-state index in [-0.39, 0.29) is 11.9 Å². The molecule has 0 radical (unpaired) electrons. The Labute approximate surface area is 93.6 Å². The standard InChI is InChI=1S/C11H14N4O/c12-10-7(2-1-3-13-10)5-15-6-8-4-9(15)11(16)14-8/h1-3,8-9H,4-6H2,(H2,12,13)(H,14,16)/t8-,9-/m0/s1. The van der Waals surface area contributed by atoms with Crippen molar-refractivity contribution < 1.29 is 4.79 Å². The molecule has 3 heterocycles. The van der Waals surface area contributed by atoms with Crippen LogP contribution in [-0.4, -0.2) is 34.4 Å². The first-order valence-corrected chi connectivity index (χ1v) is 5.48. The number of nitrogens with zero attached hydrogens (tertiary/aromatic N) is 2. The number of hydrogen-bond acceptors (Lipinski definition) is 4. The second kappa shape index (κ2) is 3.45. The lowest BCUT2D eigenvalue weighted by Crippen LogP contribution is -2.47. The summed E-state index contributed by atoms with van der Waals surface area (Å²) >= 11 is 0. The van der Waals surface area contributed by atoms with E-state index >= 15 is 0 Å². The van der Waals surface area contributed by atoms with Crippen LogP contribution in [0.5, 0.6) is 0 Å². The minimum atomic E-state index is 0.0320. The number of nitrogens with one attached hydrogen (secondary N) is 1. The SMILES string of the molecule is Nc1ncccc1CN1C[C@@H]2C[C@H]1C(=O)N2. The summed E-state index contributed by atoms with van der Waals surface area (Å²) in [5.41, 5.74) is 6.80. The van der Waals surface area contributed by atoms with Gasteiger partial charge in [0, 0.05) is 30.9 Å². The van der Waals surface area contributed by atoms with E-state index in [4.69, 9.17) is 5.73 Å². The van der Waals surface area contributed by atoms with E-state index in [0.717, 1.165) is 18.5 Å². The number of pyridine rings is 1. The van der Waals surface area contributed by atoms with Gasteiger partial charge in [-0.15, -0.1) is 0 Å². The summed E-state index contributed by atoms with van der Waals surface area (Å²) in [6, 6.07) is 4.20. The molecular weight excluding hydrogens is 204 g/mol. The van der Waals surface area contributed by atoms with Crippen molar-refractivity contribution in [2.75, 3.05) is 12.3 Å². The summed E-state index contributed by atoms with van der Waals surface area (Å²) in [5.74, 6) is 0.712. The highest BCUT2D eigenvalue weighted by Crippen LogP contribution is 2.26. The van der Waals surface area contributed by atoms with Crippen molar-refractivity contribution in [3.8, 4) is 0 Å². The summed E-state index contributed by atoms with van der Waals surface area (Å²) in [5, 5.41) is 2.96. The molecule has 16 heavy (non-hydrogen) atoms. The topological polar surface area (TPSA) is 71.2 Å². The Hall–Kier alpha value is -1.62. The van der Waals surface area contributed by atoms with E-state index in [1.807, 2.05) is 12.1 Å². The van der Waals surface area contributed by atoms with Gasteiger partial charge in [0.1, 0.15) is 5.82 Å². The van der Waals surface area contributed by atoms with Crippen LogP contribution in [0.25, 0.3) is 0 Å². The van der Waals surface area contributed by atoms with Gasteiger partial charge < -0.3 is 11.1 Å². The lowest BCUT2D eigenvalue weighted by Gasteiger charge is -2.26. The Morgan fingerprint density at radius 1 is 1.62 bits per heavy atom. The number of rotatable bonds is 2. The summed E-state index contributed by atoms with van der Waals surface area (Å²) in [6.07, 6.45) is 2.61. The number of aromatic nitrogens is 1. The van der Waals surface area contributed by atoms with E-state index in [1.54, 1.807) is 6.20 Å². The molecule has 2 saturated heterocycles. The van der Waals surface area contributed by atoms with Gasteiger partial charge in [-0.05, 0) is 12.5 Å². The second-order valence-corrected chi connectivity index (χ2v) is 4.43. The third kappa shape index (κ3) is 1.44. The lowest BCUT2D eigenvalue weighted by molar-refractivity contribution is -0.125. The number of likely N-dealkylation sites (tertiary alicyclic amines) is 1. The van der Waals surface area contributed by atoms with Crippen LogP contribution >= 0.6 is 0 Å². The summed E-state index contributed by atoms with van der Waals surface area (Å²) in [6.45, 7) is 1.64. The molecule has 1 aromatic heterocycles. The van der Waals surface area contributed by atoms with Crippen LogP contribution in [0.4, 0.5) is 5.82 Å². The zero-order chi connectivity index (χ0) is 11.1. The van der Waals surface area contributed by atoms with Crippen molar-refractivity contribution in [1.29, 1.82) is 0 Å². The molecule has 2 aliphatic rings. The lowest BCUT2D eigenvalue weighted by atomic mass is 10.2. The predicted octanol–water partition coefficient (Wildman–Crippen LogP) is -0.264. The molecule has 0 unspecified atom stereocenters. The van der Waals surface area contributed by atoms with Crippen molar-refractivity contribution in [3.63, 3.8) is 0 Å². The molecule has 2 aliphatic heterocycles. The third-order valence-electron chi connectivity index (χ3n) is 3.35. The first-order valence-electron chi connectivity index (χ1n) is 5.48. The number of anilines is 1. The van der Waals surface area contributed by atoms with E-state index in [9.17, 15) is 4.79 Å². The van der Waals surface area contributed by atoms with Gasteiger partial charge in [-0.2, -0.15) is 0 Å². The number of nitrogen functional groups attached to an aromatic ring is 1. The second-order valence-electron chi connectivity index (χ2n) is 4.43. The van der Waals surface area contributed by atoms with E-state index in [1.165, 1.54) is 0 Å². The molecule has 0 saturated carbocycles. The van der Waals surface area contributed by atoms with Crippen molar-refractivity contribution >= 4 is 11.7 Å². The van der Waals surface area contributed by atoms with Crippen molar-refractivity contribution in [2.45, 2.75) is 25.0 Å². The molecule has 5 heteroatoms. The van der Waals surface area contributed by atoms with Crippen LogP contribution in [0.15, 0.2) is 18.3 Å². The molecule has 0 aliphatic carbocycles. The summed E-state index contributed by atoms with van der Waals surface area (Å²) < 4.78 is 0. The van der Waals surface area contributed by atoms with Crippen LogP contribution in [0.3, 0.4) is 0 Å². The fourth-order valence-electron chi connectivity index (χ4n) is 2.56. The largest absolute Gasteiger partial charge is 0.383 e. The Bertz CT molecular complexity index is 434. The van der Waals surface area contributed by atoms with Gasteiger partial charge in [0.05, 0.1) is 6.04 Å². The van der Waals surface area contributed by atoms with E-state index in [0.29, 0.717) is 18.4 Å². The molecule has 2 fully saturated rings. The Morgan fingerprint density at radius 2 is 2.50 bits per heavy atom. The van der Waals surface area contributed by atoms with Crippen molar-refractivity contribution in [1.82, 2.24) is 15.2 Å². The number of fused-ring (bicyclic) bond motifs is 2. The van der Waals surface area contributed by atoms with Crippen LogP contribution < -0.4 is 11.1 Å². The average molecular weight is 218 g/mol. The van der Waals surface area contributed by atoms with Crippen LogP contribution in [0, 0.1) is 0 Å². The highest BCUT2D eigenvalue weighted by Gasteiger charge is 2.43. The number of piperazine rings is 1. The first-order chi connectivity index (χ1) is 7.74.